The van der Waals surface area contributed by atoms with Gasteiger partial charge < -0.3 is 20.9 Å². The zero-order valence-corrected chi connectivity index (χ0v) is 8.84. The van der Waals surface area contributed by atoms with Crippen LogP contribution in [-0.2, 0) is 4.74 Å². The molecular weight excluding hydrogens is 168 g/mol. The Labute approximate surface area is 80.5 Å². The van der Waals surface area contributed by atoms with E-state index in [1.807, 2.05) is 13.8 Å². The highest BCUT2D eigenvalue weighted by Crippen LogP contribution is 2.03. The number of hydrogen-bond acceptors (Lipinski definition) is 4. The lowest BCUT2D eigenvalue weighted by Crippen LogP contribution is -2.43. The Morgan fingerprint density at radius 2 is 2.23 bits per heavy atom. The quantitative estimate of drug-likeness (QED) is 0.497. The van der Waals surface area contributed by atoms with E-state index >= 15 is 0 Å². The summed E-state index contributed by atoms with van der Waals surface area (Å²) in [5, 5.41) is 12.7. The minimum Gasteiger partial charge on any atom is -0.365 e. The first-order valence-electron chi connectivity index (χ1n) is 4.80. The van der Waals surface area contributed by atoms with Crippen LogP contribution in [-0.4, -0.2) is 36.6 Å². The van der Waals surface area contributed by atoms with E-state index in [4.69, 9.17) is 10.5 Å². The van der Waals surface area contributed by atoms with E-state index in [9.17, 15) is 5.11 Å². The van der Waals surface area contributed by atoms with Crippen LogP contribution in [0.25, 0.3) is 0 Å². The molecule has 0 saturated carbocycles. The molecule has 13 heavy (non-hydrogen) atoms. The Hall–Kier alpha value is -0.160. The zero-order chi connectivity index (χ0) is 10.3. The Kier molecular flexibility index (Phi) is 6.24. The molecule has 0 bridgehead atoms. The summed E-state index contributed by atoms with van der Waals surface area (Å²) in [7, 11) is 0. The average Bonchev–Trinajstić information content (AvgIpc) is 2.00. The van der Waals surface area contributed by atoms with E-state index in [1.54, 1.807) is 6.92 Å². The monoisotopic (exact) mass is 190 g/mol. The van der Waals surface area contributed by atoms with Gasteiger partial charge in [-0.05, 0) is 20.3 Å². The molecule has 80 valence electrons. The average molecular weight is 190 g/mol. The molecular formula is C9H22N2O2. The smallest absolute Gasteiger partial charge is 0.175 e. The van der Waals surface area contributed by atoms with E-state index < -0.39 is 5.79 Å². The maximum absolute atomic E-state index is 9.63. The minimum atomic E-state index is -1.08. The van der Waals surface area contributed by atoms with Crippen LogP contribution in [0, 0.1) is 0 Å². The molecule has 0 aromatic rings. The third kappa shape index (κ3) is 8.18. The molecule has 0 aromatic heterocycles. The van der Waals surface area contributed by atoms with Gasteiger partial charge in [0.1, 0.15) is 0 Å². The zero-order valence-electron chi connectivity index (χ0n) is 8.84. The summed E-state index contributed by atoms with van der Waals surface area (Å²) >= 11 is 0. The Balaban J connectivity index is 3.50. The van der Waals surface area contributed by atoms with Gasteiger partial charge in [-0.3, -0.25) is 0 Å². The van der Waals surface area contributed by atoms with Crippen molar-refractivity contribution in [2.45, 2.75) is 39.0 Å². The second kappa shape index (κ2) is 6.32. The van der Waals surface area contributed by atoms with Crippen molar-refractivity contribution in [1.82, 2.24) is 5.32 Å². The molecule has 0 saturated heterocycles. The van der Waals surface area contributed by atoms with Crippen LogP contribution in [0.15, 0.2) is 0 Å². The second-order valence-electron chi connectivity index (χ2n) is 3.63. The SMILES string of the molecule is CCCOC(C)(O)CNCC(C)N. The fourth-order valence-electron chi connectivity index (χ4n) is 0.905. The normalized spacial score (nSPS) is 18.2. The molecule has 0 rings (SSSR count). The van der Waals surface area contributed by atoms with Crippen molar-refractivity contribution in [2.75, 3.05) is 19.7 Å². The van der Waals surface area contributed by atoms with Gasteiger partial charge in [0.25, 0.3) is 0 Å². The summed E-state index contributed by atoms with van der Waals surface area (Å²) in [4.78, 5) is 0. The number of ether oxygens (including phenoxy) is 1. The Morgan fingerprint density at radius 3 is 2.69 bits per heavy atom. The van der Waals surface area contributed by atoms with Crippen molar-refractivity contribution >= 4 is 0 Å². The highest BCUT2D eigenvalue weighted by atomic mass is 16.6. The first-order valence-corrected chi connectivity index (χ1v) is 4.80. The van der Waals surface area contributed by atoms with Gasteiger partial charge in [0.15, 0.2) is 5.79 Å². The van der Waals surface area contributed by atoms with E-state index in [0.29, 0.717) is 19.7 Å². The van der Waals surface area contributed by atoms with E-state index in [1.165, 1.54) is 0 Å². The number of rotatable bonds is 7. The third-order valence-electron chi connectivity index (χ3n) is 1.54. The van der Waals surface area contributed by atoms with Gasteiger partial charge in [-0.1, -0.05) is 6.92 Å². The molecule has 0 aliphatic carbocycles. The van der Waals surface area contributed by atoms with Gasteiger partial charge in [-0.2, -0.15) is 0 Å². The van der Waals surface area contributed by atoms with Crippen LogP contribution in [0.1, 0.15) is 27.2 Å². The molecule has 0 heterocycles. The molecule has 0 amide bonds. The summed E-state index contributed by atoms with van der Waals surface area (Å²) < 4.78 is 5.21. The summed E-state index contributed by atoms with van der Waals surface area (Å²) in [6.45, 7) is 7.24. The van der Waals surface area contributed by atoms with Crippen LogP contribution in [0.3, 0.4) is 0 Å². The number of hydrogen-bond donors (Lipinski definition) is 3. The molecule has 0 fully saturated rings. The molecule has 4 heteroatoms. The van der Waals surface area contributed by atoms with Crippen LogP contribution in [0.2, 0.25) is 0 Å². The predicted octanol–water partition coefficient (Wildman–Crippen LogP) is 0.0583. The fraction of sp³-hybridized carbons (Fsp3) is 1.00. The first kappa shape index (κ1) is 12.8. The van der Waals surface area contributed by atoms with Crippen molar-refractivity contribution in [3.05, 3.63) is 0 Å². The summed E-state index contributed by atoms with van der Waals surface area (Å²) in [5.41, 5.74) is 5.54. The van der Waals surface area contributed by atoms with E-state index in [2.05, 4.69) is 5.32 Å². The maximum atomic E-state index is 9.63. The second-order valence-corrected chi connectivity index (χ2v) is 3.63. The van der Waals surface area contributed by atoms with E-state index in [0.717, 1.165) is 6.42 Å². The fourth-order valence-corrected chi connectivity index (χ4v) is 0.905. The van der Waals surface area contributed by atoms with Gasteiger partial charge in [-0.15, -0.1) is 0 Å². The van der Waals surface area contributed by atoms with Crippen molar-refractivity contribution in [3.8, 4) is 0 Å². The molecule has 0 radical (unpaired) electrons. The summed E-state index contributed by atoms with van der Waals surface area (Å²) in [5.74, 6) is -1.08. The van der Waals surface area contributed by atoms with Crippen LogP contribution < -0.4 is 11.1 Å². The number of nitrogens with two attached hydrogens (primary N) is 1. The largest absolute Gasteiger partial charge is 0.365 e. The lowest BCUT2D eigenvalue weighted by atomic mass is 10.3. The maximum Gasteiger partial charge on any atom is 0.175 e. The van der Waals surface area contributed by atoms with Gasteiger partial charge in [0.05, 0.1) is 0 Å². The molecule has 0 aliphatic rings. The number of aliphatic hydroxyl groups is 1. The first-order chi connectivity index (χ1) is 5.98. The molecule has 2 unspecified atom stereocenters. The number of nitrogens with one attached hydrogen (secondary N) is 1. The predicted molar refractivity (Wildman–Crippen MR) is 53.4 cm³/mol. The van der Waals surface area contributed by atoms with Crippen molar-refractivity contribution < 1.29 is 9.84 Å². The van der Waals surface area contributed by atoms with Gasteiger partial charge >= 0.3 is 0 Å². The Morgan fingerprint density at radius 1 is 1.62 bits per heavy atom. The van der Waals surface area contributed by atoms with Crippen LogP contribution >= 0.6 is 0 Å². The van der Waals surface area contributed by atoms with Gasteiger partial charge in [0.2, 0.25) is 0 Å². The van der Waals surface area contributed by atoms with Gasteiger partial charge in [0, 0.05) is 25.7 Å². The third-order valence-corrected chi connectivity index (χ3v) is 1.54. The van der Waals surface area contributed by atoms with Gasteiger partial charge in [-0.25, -0.2) is 0 Å². The lowest BCUT2D eigenvalue weighted by Gasteiger charge is -2.24. The molecule has 4 N–H and O–H groups in total. The van der Waals surface area contributed by atoms with Crippen LogP contribution in [0.4, 0.5) is 0 Å². The molecule has 0 aliphatic heterocycles. The minimum absolute atomic E-state index is 0.0991. The van der Waals surface area contributed by atoms with Crippen molar-refractivity contribution in [1.29, 1.82) is 0 Å². The highest BCUT2D eigenvalue weighted by Gasteiger charge is 2.19. The van der Waals surface area contributed by atoms with Crippen molar-refractivity contribution in [3.63, 3.8) is 0 Å². The Bertz CT molecular complexity index is 127. The molecule has 4 nitrogen and oxygen atoms in total. The summed E-state index contributed by atoms with van der Waals surface area (Å²) in [6, 6.07) is 0.0991. The molecule has 0 spiro atoms. The highest BCUT2D eigenvalue weighted by molar-refractivity contribution is 4.66. The van der Waals surface area contributed by atoms with Crippen LogP contribution in [0.5, 0.6) is 0 Å². The van der Waals surface area contributed by atoms with E-state index in [-0.39, 0.29) is 6.04 Å². The molecule has 2 atom stereocenters. The standard InChI is InChI=1S/C9H22N2O2/c1-4-5-13-9(3,12)7-11-6-8(2)10/h8,11-12H,4-7,10H2,1-3H3. The molecule has 0 aromatic carbocycles. The van der Waals surface area contributed by atoms with Crippen molar-refractivity contribution in [2.24, 2.45) is 5.73 Å². The topological polar surface area (TPSA) is 67.5 Å². The summed E-state index contributed by atoms with van der Waals surface area (Å²) in [6.07, 6.45) is 0.906. The lowest BCUT2D eigenvalue weighted by molar-refractivity contribution is -0.186.